The van der Waals surface area contributed by atoms with Gasteiger partial charge in [0.1, 0.15) is 23.2 Å². The minimum Gasteiger partial charge on any atom is -0.459 e. The highest BCUT2D eigenvalue weighted by Crippen LogP contribution is 2.28. The summed E-state index contributed by atoms with van der Waals surface area (Å²) in [5.41, 5.74) is 2.30. The molecule has 28 heavy (non-hydrogen) atoms. The summed E-state index contributed by atoms with van der Waals surface area (Å²) in [6, 6.07) is 22.7. The summed E-state index contributed by atoms with van der Waals surface area (Å²) in [4.78, 5) is 19.1. The number of anilines is 1. The summed E-state index contributed by atoms with van der Waals surface area (Å²) in [5, 5.41) is 4.12. The number of furan rings is 1. The molecule has 0 aliphatic carbocycles. The van der Waals surface area contributed by atoms with Crippen LogP contribution in [0.2, 0.25) is 0 Å². The fourth-order valence-electron chi connectivity index (χ4n) is 3.13. The summed E-state index contributed by atoms with van der Waals surface area (Å²) >= 11 is 0. The van der Waals surface area contributed by atoms with Crippen molar-refractivity contribution in [2.45, 2.75) is 6.04 Å². The number of hydrogen-bond donors (Lipinski definition) is 1. The normalized spacial score (nSPS) is 11.9. The topological polar surface area (TPSA) is 58.4 Å². The molecular formula is C23H21N3O2. The van der Waals surface area contributed by atoms with Crippen LogP contribution in [-0.2, 0) is 0 Å². The van der Waals surface area contributed by atoms with Gasteiger partial charge in [0.05, 0.1) is 0 Å². The summed E-state index contributed by atoms with van der Waals surface area (Å²) in [5.74, 6) is 1.25. The highest BCUT2D eigenvalue weighted by molar-refractivity contribution is 5.95. The first kappa shape index (κ1) is 17.8. The molecule has 1 N–H and O–H groups in total. The molecule has 0 aliphatic heterocycles. The van der Waals surface area contributed by atoms with Gasteiger partial charge in [-0.3, -0.25) is 4.79 Å². The third kappa shape index (κ3) is 3.60. The Balaban J connectivity index is 1.70. The molecule has 2 aromatic heterocycles. The lowest BCUT2D eigenvalue weighted by atomic mass is 10.0. The van der Waals surface area contributed by atoms with Gasteiger partial charge >= 0.3 is 0 Å². The van der Waals surface area contributed by atoms with Gasteiger partial charge in [-0.2, -0.15) is 0 Å². The third-order valence-electron chi connectivity index (χ3n) is 4.60. The Morgan fingerprint density at radius 1 is 1.00 bits per heavy atom. The minimum atomic E-state index is -0.392. The largest absolute Gasteiger partial charge is 0.459 e. The number of rotatable bonds is 5. The molecule has 0 radical (unpaired) electrons. The number of nitrogens with zero attached hydrogens (tertiary/aromatic N) is 2. The lowest BCUT2D eigenvalue weighted by molar-refractivity contribution is 0.0939. The maximum atomic E-state index is 13.0. The molecule has 2 heterocycles. The van der Waals surface area contributed by atoms with E-state index in [0.717, 1.165) is 22.4 Å². The number of aromatic nitrogens is 1. The van der Waals surface area contributed by atoms with E-state index in [4.69, 9.17) is 4.42 Å². The lowest BCUT2D eigenvalue weighted by Gasteiger charge is -2.18. The van der Waals surface area contributed by atoms with Crippen molar-refractivity contribution in [1.29, 1.82) is 0 Å². The lowest BCUT2D eigenvalue weighted by Crippen LogP contribution is -2.29. The van der Waals surface area contributed by atoms with Crippen LogP contribution in [0.15, 0.2) is 83.4 Å². The van der Waals surface area contributed by atoms with E-state index in [2.05, 4.69) is 10.3 Å². The van der Waals surface area contributed by atoms with Crippen molar-refractivity contribution < 1.29 is 9.21 Å². The summed E-state index contributed by atoms with van der Waals surface area (Å²) in [7, 11) is 3.79. The average molecular weight is 371 g/mol. The van der Waals surface area contributed by atoms with Crippen LogP contribution < -0.4 is 10.2 Å². The van der Waals surface area contributed by atoms with Crippen LogP contribution in [0.3, 0.4) is 0 Å². The molecule has 5 heteroatoms. The molecule has 0 unspecified atom stereocenters. The number of carbonyl (C=O) groups is 1. The molecule has 0 bridgehead atoms. The Morgan fingerprint density at radius 2 is 1.75 bits per heavy atom. The van der Waals surface area contributed by atoms with Crippen molar-refractivity contribution in [2.24, 2.45) is 0 Å². The van der Waals surface area contributed by atoms with Crippen LogP contribution in [0.1, 0.15) is 27.7 Å². The number of nitrogens with one attached hydrogen (secondary N) is 1. The first-order valence-corrected chi connectivity index (χ1v) is 9.09. The molecule has 0 saturated heterocycles. The van der Waals surface area contributed by atoms with E-state index in [1.165, 1.54) is 0 Å². The molecule has 0 fully saturated rings. The van der Waals surface area contributed by atoms with E-state index >= 15 is 0 Å². The SMILES string of the molecule is CN(C)c1cc(C(=O)N[C@H](c2ccccc2)c2cc3ccccc3o2)ccn1. The Hall–Kier alpha value is -3.60. The van der Waals surface area contributed by atoms with E-state index < -0.39 is 6.04 Å². The molecule has 2 aromatic carbocycles. The quantitative estimate of drug-likeness (QED) is 0.564. The van der Waals surface area contributed by atoms with E-state index in [9.17, 15) is 4.79 Å². The second kappa shape index (κ2) is 7.56. The van der Waals surface area contributed by atoms with Crippen molar-refractivity contribution in [3.05, 3.63) is 95.9 Å². The fraction of sp³-hybridized carbons (Fsp3) is 0.130. The van der Waals surface area contributed by atoms with Gasteiger partial charge in [-0.15, -0.1) is 0 Å². The summed E-state index contributed by atoms with van der Waals surface area (Å²) < 4.78 is 6.05. The number of carbonyl (C=O) groups excluding carboxylic acids is 1. The fourth-order valence-corrected chi connectivity index (χ4v) is 3.13. The molecule has 0 saturated carbocycles. The Morgan fingerprint density at radius 3 is 2.50 bits per heavy atom. The van der Waals surface area contributed by atoms with Crippen LogP contribution in [-0.4, -0.2) is 25.0 Å². The number of pyridine rings is 1. The zero-order valence-electron chi connectivity index (χ0n) is 15.8. The monoisotopic (exact) mass is 371 g/mol. The number of hydrogen-bond acceptors (Lipinski definition) is 4. The van der Waals surface area contributed by atoms with Gasteiger partial charge < -0.3 is 14.6 Å². The molecule has 1 amide bonds. The van der Waals surface area contributed by atoms with E-state index in [1.807, 2.05) is 79.7 Å². The maximum Gasteiger partial charge on any atom is 0.252 e. The zero-order chi connectivity index (χ0) is 19.5. The predicted octanol–water partition coefficient (Wildman–Crippen LogP) is 4.41. The first-order valence-electron chi connectivity index (χ1n) is 9.09. The smallest absolute Gasteiger partial charge is 0.252 e. The summed E-state index contributed by atoms with van der Waals surface area (Å²) in [6.07, 6.45) is 1.64. The second-order valence-electron chi connectivity index (χ2n) is 6.80. The van der Waals surface area contributed by atoms with E-state index in [0.29, 0.717) is 11.3 Å². The highest BCUT2D eigenvalue weighted by Gasteiger charge is 2.22. The van der Waals surface area contributed by atoms with E-state index in [1.54, 1.807) is 18.3 Å². The second-order valence-corrected chi connectivity index (χ2v) is 6.80. The minimum absolute atomic E-state index is 0.181. The molecular weight excluding hydrogens is 350 g/mol. The molecule has 140 valence electrons. The Labute approximate surface area is 163 Å². The van der Waals surface area contributed by atoms with Crippen molar-refractivity contribution in [1.82, 2.24) is 10.3 Å². The molecule has 4 rings (SSSR count). The van der Waals surface area contributed by atoms with Crippen LogP contribution in [0.4, 0.5) is 5.82 Å². The van der Waals surface area contributed by atoms with Gasteiger partial charge in [-0.1, -0.05) is 48.5 Å². The van der Waals surface area contributed by atoms with Crippen molar-refractivity contribution in [3.8, 4) is 0 Å². The van der Waals surface area contributed by atoms with Gasteiger partial charge in [0.25, 0.3) is 5.91 Å². The van der Waals surface area contributed by atoms with Gasteiger partial charge in [-0.25, -0.2) is 4.98 Å². The molecule has 1 atom stereocenters. The zero-order valence-corrected chi connectivity index (χ0v) is 15.8. The predicted molar refractivity (Wildman–Crippen MR) is 111 cm³/mol. The number of fused-ring (bicyclic) bond motifs is 1. The van der Waals surface area contributed by atoms with E-state index in [-0.39, 0.29) is 5.91 Å². The highest BCUT2D eigenvalue weighted by atomic mass is 16.3. The van der Waals surface area contributed by atoms with Crippen LogP contribution in [0.25, 0.3) is 11.0 Å². The average Bonchev–Trinajstić information content (AvgIpc) is 3.16. The molecule has 0 spiro atoms. The third-order valence-corrected chi connectivity index (χ3v) is 4.60. The van der Waals surface area contributed by atoms with Gasteiger partial charge in [-0.05, 0) is 29.8 Å². The Kier molecular flexibility index (Phi) is 4.81. The number of amides is 1. The number of para-hydroxylation sites is 1. The van der Waals surface area contributed by atoms with Gasteiger partial charge in [0.15, 0.2) is 0 Å². The first-order chi connectivity index (χ1) is 13.6. The standard InChI is InChI=1S/C23H21N3O2/c1-26(2)21-15-18(12-13-24-21)23(27)25-22(16-8-4-3-5-9-16)20-14-17-10-6-7-11-19(17)28-20/h3-15,22H,1-2H3,(H,25,27)/t22-/m1/s1. The van der Waals surface area contributed by atoms with Crippen LogP contribution in [0, 0.1) is 0 Å². The van der Waals surface area contributed by atoms with Crippen LogP contribution in [0.5, 0.6) is 0 Å². The van der Waals surface area contributed by atoms with Gasteiger partial charge in [0.2, 0.25) is 0 Å². The Bertz CT molecular complexity index is 1070. The van der Waals surface area contributed by atoms with Crippen molar-refractivity contribution >= 4 is 22.7 Å². The number of benzene rings is 2. The van der Waals surface area contributed by atoms with Crippen molar-refractivity contribution in [2.75, 3.05) is 19.0 Å². The molecule has 5 nitrogen and oxygen atoms in total. The maximum absolute atomic E-state index is 13.0. The molecule has 0 aliphatic rings. The molecule has 4 aromatic rings. The van der Waals surface area contributed by atoms with Crippen LogP contribution >= 0.6 is 0 Å². The van der Waals surface area contributed by atoms with Gasteiger partial charge in [0, 0.05) is 31.2 Å². The summed E-state index contributed by atoms with van der Waals surface area (Å²) in [6.45, 7) is 0. The van der Waals surface area contributed by atoms with Crippen molar-refractivity contribution in [3.63, 3.8) is 0 Å².